The molecule has 5 nitrogen and oxygen atoms in total. The third-order valence-corrected chi connectivity index (χ3v) is 5.93. The molecule has 0 unspecified atom stereocenters. The number of nitrogens with zero attached hydrogens (tertiary/aromatic N) is 1. The molecule has 0 bridgehead atoms. The van der Waals surface area contributed by atoms with Gasteiger partial charge in [0, 0.05) is 19.8 Å². The molecule has 0 spiro atoms. The summed E-state index contributed by atoms with van der Waals surface area (Å²) in [5.74, 6) is -0.221. The van der Waals surface area contributed by atoms with Crippen LogP contribution in [0.5, 0.6) is 0 Å². The number of hydrogen-bond donors (Lipinski definition) is 1. The normalized spacial score (nSPS) is 11.8. The van der Waals surface area contributed by atoms with Crippen molar-refractivity contribution in [2.75, 3.05) is 19.4 Å². The fourth-order valence-electron chi connectivity index (χ4n) is 2.35. The molecule has 0 aliphatic carbocycles. The minimum absolute atomic E-state index is 0.0178. The van der Waals surface area contributed by atoms with E-state index in [2.05, 4.69) is 5.32 Å². The van der Waals surface area contributed by atoms with Crippen LogP contribution < -0.4 is 5.32 Å². The number of benzene rings is 2. The van der Waals surface area contributed by atoms with E-state index in [4.69, 9.17) is 11.6 Å². The largest absolute Gasteiger partial charge is 0.322 e. The Morgan fingerprint density at radius 3 is 2.36 bits per heavy atom. The molecule has 0 atom stereocenters. The van der Waals surface area contributed by atoms with Gasteiger partial charge in [0.25, 0.3) is 5.91 Å². The maximum Gasteiger partial charge on any atom is 0.257 e. The van der Waals surface area contributed by atoms with Gasteiger partial charge >= 0.3 is 0 Å². The zero-order valence-corrected chi connectivity index (χ0v) is 16.1. The smallest absolute Gasteiger partial charge is 0.257 e. The van der Waals surface area contributed by atoms with Gasteiger partial charge in [0.15, 0.2) is 0 Å². The van der Waals surface area contributed by atoms with Gasteiger partial charge in [-0.05, 0) is 35.7 Å². The standard InChI is InChI=1S/C18H21ClN2O3S/c1-12(2)14-7-5-6-8-17(14)20-18(22)15-11-13(9-10-16(15)19)25(23,24)21(3)4/h5-12H,1-4H3,(H,20,22). The van der Waals surface area contributed by atoms with Crippen molar-refractivity contribution in [1.82, 2.24) is 4.31 Å². The molecule has 7 heteroatoms. The Labute approximate surface area is 153 Å². The highest BCUT2D eigenvalue weighted by atomic mass is 35.5. The monoisotopic (exact) mass is 380 g/mol. The van der Waals surface area contributed by atoms with Gasteiger partial charge in [-0.1, -0.05) is 43.6 Å². The molecular weight excluding hydrogens is 360 g/mol. The summed E-state index contributed by atoms with van der Waals surface area (Å²) in [7, 11) is -0.783. The van der Waals surface area contributed by atoms with E-state index in [1.165, 1.54) is 32.3 Å². The first-order valence-corrected chi connectivity index (χ1v) is 9.58. The Morgan fingerprint density at radius 2 is 1.76 bits per heavy atom. The SMILES string of the molecule is CC(C)c1ccccc1NC(=O)c1cc(S(=O)(=O)N(C)C)ccc1Cl. The molecule has 0 aliphatic heterocycles. The summed E-state index contributed by atoms with van der Waals surface area (Å²) in [5, 5.41) is 3.02. The van der Waals surface area contributed by atoms with Crippen molar-refractivity contribution in [3.05, 3.63) is 58.6 Å². The third kappa shape index (κ3) is 4.21. The van der Waals surface area contributed by atoms with E-state index in [0.29, 0.717) is 5.69 Å². The van der Waals surface area contributed by atoms with Gasteiger partial charge in [0.1, 0.15) is 0 Å². The van der Waals surface area contributed by atoms with Crippen molar-refractivity contribution in [1.29, 1.82) is 0 Å². The van der Waals surface area contributed by atoms with Crippen LogP contribution in [0.2, 0.25) is 5.02 Å². The summed E-state index contributed by atoms with van der Waals surface area (Å²) in [4.78, 5) is 12.7. The second-order valence-corrected chi connectivity index (χ2v) is 8.68. The Balaban J connectivity index is 2.41. The van der Waals surface area contributed by atoms with Crippen LogP contribution in [-0.4, -0.2) is 32.7 Å². The van der Waals surface area contributed by atoms with Crippen LogP contribution in [0.3, 0.4) is 0 Å². The van der Waals surface area contributed by atoms with Crippen LogP contribution >= 0.6 is 11.6 Å². The number of halogens is 1. The lowest BCUT2D eigenvalue weighted by molar-refractivity contribution is 0.102. The van der Waals surface area contributed by atoms with Crippen LogP contribution in [-0.2, 0) is 10.0 Å². The van der Waals surface area contributed by atoms with Crippen molar-refractivity contribution in [3.8, 4) is 0 Å². The zero-order valence-electron chi connectivity index (χ0n) is 14.6. The quantitative estimate of drug-likeness (QED) is 0.853. The van der Waals surface area contributed by atoms with Gasteiger partial charge in [-0.25, -0.2) is 12.7 Å². The molecule has 0 saturated heterocycles. The van der Waals surface area contributed by atoms with E-state index < -0.39 is 15.9 Å². The average Bonchev–Trinajstić information content (AvgIpc) is 2.55. The topological polar surface area (TPSA) is 66.5 Å². The van der Waals surface area contributed by atoms with Gasteiger partial charge < -0.3 is 5.32 Å². The Morgan fingerprint density at radius 1 is 1.12 bits per heavy atom. The lowest BCUT2D eigenvalue weighted by Gasteiger charge is -2.15. The highest BCUT2D eigenvalue weighted by Crippen LogP contribution is 2.26. The van der Waals surface area contributed by atoms with Gasteiger partial charge in [0.05, 0.1) is 15.5 Å². The number of rotatable bonds is 5. The predicted octanol–water partition coefficient (Wildman–Crippen LogP) is 3.97. The molecular formula is C18H21ClN2O3S. The fourth-order valence-corrected chi connectivity index (χ4v) is 3.49. The van der Waals surface area contributed by atoms with Crippen LogP contribution in [0.1, 0.15) is 35.7 Å². The molecule has 2 rings (SSSR count). The molecule has 0 aromatic heterocycles. The molecule has 2 aromatic carbocycles. The minimum Gasteiger partial charge on any atom is -0.322 e. The van der Waals surface area contributed by atoms with Gasteiger partial charge in [0.2, 0.25) is 10.0 Å². The molecule has 0 radical (unpaired) electrons. The Bertz CT molecular complexity index is 893. The van der Waals surface area contributed by atoms with E-state index in [1.807, 2.05) is 38.1 Å². The van der Waals surface area contributed by atoms with Crippen LogP contribution in [0, 0.1) is 0 Å². The summed E-state index contributed by atoms with van der Waals surface area (Å²) in [6, 6.07) is 11.6. The van der Waals surface area contributed by atoms with Crippen molar-refractivity contribution >= 4 is 33.2 Å². The Kier molecular flexibility index (Phi) is 5.87. The highest BCUT2D eigenvalue weighted by molar-refractivity contribution is 7.89. The summed E-state index contributed by atoms with van der Waals surface area (Å²) >= 11 is 6.12. The van der Waals surface area contributed by atoms with E-state index in [-0.39, 0.29) is 21.4 Å². The Hall–Kier alpha value is -1.89. The molecule has 2 aromatic rings. The van der Waals surface area contributed by atoms with E-state index >= 15 is 0 Å². The summed E-state index contributed by atoms with van der Waals surface area (Å²) in [6.45, 7) is 4.06. The summed E-state index contributed by atoms with van der Waals surface area (Å²) in [5.41, 5.74) is 1.78. The number of sulfonamides is 1. The average molecular weight is 381 g/mol. The minimum atomic E-state index is -3.65. The number of hydrogen-bond acceptors (Lipinski definition) is 3. The molecule has 0 aliphatic rings. The fraction of sp³-hybridized carbons (Fsp3) is 0.278. The van der Waals surface area contributed by atoms with Crippen LogP contribution in [0.4, 0.5) is 5.69 Å². The maximum absolute atomic E-state index is 12.7. The first kappa shape index (κ1) is 19.4. The number of carbonyl (C=O) groups excluding carboxylic acids is 1. The van der Waals surface area contributed by atoms with Gasteiger partial charge in [-0.3, -0.25) is 4.79 Å². The van der Waals surface area contributed by atoms with E-state index in [9.17, 15) is 13.2 Å². The molecule has 0 saturated carbocycles. The molecule has 1 amide bonds. The van der Waals surface area contributed by atoms with E-state index in [0.717, 1.165) is 9.87 Å². The lowest BCUT2D eigenvalue weighted by atomic mass is 10.0. The lowest BCUT2D eigenvalue weighted by Crippen LogP contribution is -2.23. The highest BCUT2D eigenvalue weighted by Gasteiger charge is 2.21. The van der Waals surface area contributed by atoms with Crippen molar-refractivity contribution in [2.45, 2.75) is 24.7 Å². The number of para-hydroxylation sites is 1. The maximum atomic E-state index is 12.7. The zero-order chi connectivity index (χ0) is 18.8. The second-order valence-electron chi connectivity index (χ2n) is 6.13. The van der Waals surface area contributed by atoms with Crippen molar-refractivity contribution in [3.63, 3.8) is 0 Å². The second kappa shape index (κ2) is 7.56. The van der Waals surface area contributed by atoms with Crippen molar-refractivity contribution < 1.29 is 13.2 Å². The number of carbonyl (C=O) groups is 1. The first-order chi connectivity index (χ1) is 11.6. The molecule has 1 N–H and O–H groups in total. The third-order valence-electron chi connectivity index (χ3n) is 3.79. The summed E-state index contributed by atoms with van der Waals surface area (Å²) in [6.07, 6.45) is 0. The summed E-state index contributed by atoms with van der Waals surface area (Å²) < 4.78 is 25.6. The molecule has 134 valence electrons. The van der Waals surface area contributed by atoms with Gasteiger partial charge in [-0.15, -0.1) is 0 Å². The molecule has 25 heavy (non-hydrogen) atoms. The molecule has 0 fully saturated rings. The number of amides is 1. The number of nitrogens with one attached hydrogen (secondary N) is 1. The van der Waals surface area contributed by atoms with E-state index in [1.54, 1.807) is 0 Å². The first-order valence-electron chi connectivity index (χ1n) is 7.77. The van der Waals surface area contributed by atoms with Crippen molar-refractivity contribution in [2.24, 2.45) is 0 Å². The predicted molar refractivity (Wildman–Crippen MR) is 101 cm³/mol. The van der Waals surface area contributed by atoms with Crippen LogP contribution in [0.15, 0.2) is 47.4 Å². The van der Waals surface area contributed by atoms with Gasteiger partial charge in [-0.2, -0.15) is 0 Å². The van der Waals surface area contributed by atoms with Crippen LogP contribution in [0.25, 0.3) is 0 Å². The number of anilines is 1. The molecule has 0 heterocycles.